The van der Waals surface area contributed by atoms with E-state index in [9.17, 15) is 14.4 Å². The second-order valence-corrected chi connectivity index (χ2v) is 12.0. The first-order valence-electron chi connectivity index (χ1n) is 15.2. The number of ether oxygens (including phenoxy) is 2. The van der Waals surface area contributed by atoms with Gasteiger partial charge < -0.3 is 19.7 Å². The summed E-state index contributed by atoms with van der Waals surface area (Å²) < 4.78 is 11.1. The van der Waals surface area contributed by atoms with Crippen molar-refractivity contribution < 1.29 is 23.9 Å². The number of esters is 1. The Kier molecular flexibility index (Phi) is 11.5. The van der Waals surface area contributed by atoms with Crippen LogP contribution in [0, 0.1) is 5.41 Å². The van der Waals surface area contributed by atoms with Crippen LogP contribution in [0.5, 0.6) is 5.75 Å². The summed E-state index contributed by atoms with van der Waals surface area (Å²) in [4.78, 5) is 41.0. The lowest BCUT2D eigenvalue weighted by atomic mass is 9.94. The van der Waals surface area contributed by atoms with E-state index in [2.05, 4.69) is 5.32 Å². The maximum absolute atomic E-state index is 13.2. The quantitative estimate of drug-likeness (QED) is 0.0949. The molecule has 4 rings (SSSR count). The Balaban J connectivity index is 1.35. The van der Waals surface area contributed by atoms with Crippen LogP contribution in [0.3, 0.4) is 0 Å². The third-order valence-corrected chi connectivity index (χ3v) is 7.37. The van der Waals surface area contributed by atoms with Gasteiger partial charge >= 0.3 is 5.97 Å². The molecule has 0 saturated heterocycles. The number of methoxy groups -OCH3 is 1. The van der Waals surface area contributed by atoms with Crippen molar-refractivity contribution >= 4 is 23.3 Å². The summed E-state index contributed by atoms with van der Waals surface area (Å²) >= 11 is 0. The van der Waals surface area contributed by atoms with Gasteiger partial charge in [0.15, 0.2) is 5.78 Å². The van der Waals surface area contributed by atoms with Crippen molar-refractivity contribution in [1.82, 2.24) is 4.90 Å². The van der Waals surface area contributed by atoms with Gasteiger partial charge in [0.25, 0.3) is 0 Å². The topological polar surface area (TPSA) is 84.9 Å². The van der Waals surface area contributed by atoms with Gasteiger partial charge in [-0.25, -0.2) is 4.79 Å². The smallest absolute Gasteiger partial charge is 0.328 e. The monoisotopic (exact) mass is 606 g/mol. The minimum Gasteiger partial charge on any atom is -0.494 e. The summed E-state index contributed by atoms with van der Waals surface area (Å²) in [5, 5.41) is 3.24. The highest BCUT2D eigenvalue weighted by molar-refractivity contribution is 6.12. The van der Waals surface area contributed by atoms with Crippen molar-refractivity contribution in [2.45, 2.75) is 46.2 Å². The van der Waals surface area contributed by atoms with Gasteiger partial charge in [-0.3, -0.25) is 9.59 Å². The Labute approximate surface area is 266 Å². The van der Waals surface area contributed by atoms with Gasteiger partial charge in [-0.05, 0) is 41.8 Å². The van der Waals surface area contributed by atoms with E-state index < -0.39 is 17.4 Å². The number of hydrogen-bond donors (Lipinski definition) is 1. The molecule has 1 N–H and O–H groups in total. The Morgan fingerprint density at radius 2 is 1.40 bits per heavy atom. The molecule has 0 fully saturated rings. The molecule has 234 valence electrons. The van der Waals surface area contributed by atoms with Crippen molar-refractivity contribution in [3.05, 3.63) is 131 Å². The van der Waals surface area contributed by atoms with Gasteiger partial charge in [0, 0.05) is 41.7 Å². The highest BCUT2D eigenvalue weighted by Crippen LogP contribution is 2.23. The van der Waals surface area contributed by atoms with Crippen LogP contribution in [-0.4, -0.2) is 48.9 Å². The molecule has 0 bridgehead atoms. The highest BCUT2D eigenvalue weighted by atomic mass is 16.5. The Morgan fingerprint density at radius 1 is 0.778 bits per heavy atom. The predicted molar refractivity (Wildman–Crippen MR) is 177 cm³/mol. The zero-order valence-corrected chi connectivity index (χ0v) is 26.5. The minimum atomic E-state index is -0.706. The van der Waals surface area contributed by atoms with E-state index >= 15 is 0 Å². The molecule has 0 aromatic heterocycles. The standard InChI is InChI=1S/C38H42N2O5/c1-38(2,3)37(43)40(27-29-14-7-5-8-15-29)24-13-25-45-31-22-20-28(21-23-31)26-34(36(42)44-4)39-33-19-12-11-18-32(33)35(41)30-16-9-6-10-17-30/h5-12,14-23,34,39H,13,24-27H2,1-4H3/t34-/m0/s1. The van der Waals surface area contributed by atoms with Crippen LogP contribution in [0.25, 0.3) is 0 Å². The average Bonchev–Trinajstić information content (AvgIpc) is 3.06. The van der Waals surface area contributed by atoms with Crippen LogP contribution < -0.4 is 10.1 Å². The maximum Gasteiger partial charge on any atom is 0.328 e. The summed E-state index contributed by atoms with van der Waals surface area (Å²) in [7, 11) is 1.35. The molecular weight excluding hydrogens is 564 g/mol. The number of anilines is 1. The summed E-state index contributed by atoms with van der Waals surface area (Å²) in [6.07, 6.45) is 1.04. The van der Waals surface area contributed by atoms with Gasteiger partial charge in [0.2, 0.25) is 5.91 Å². The molecule has 7 heteroatoms. The lowest BCUT2D eigenvalue weighted by molar-refractivity contribution is -0.141. The minimum absolute atomic E-state index is 0.108. The van der Waals surface area contributed by atoms with Gasteiger partial charge in [-0.2, -0.15) is 0 Å². The zero-order valence-electron chi connectivity index (χ0n) is 26.5. The molecule has 0 aliphatic heterocycles. The molecule has 1 atom stereocenters. The number of benzene rings is 4. The molecule has 4 aromatic rings. The van der Waals surface area contributed by atoms with Crippen LogP contribution in [0.4, 0.5) is 5.69 Å². The normalized spacial score (nSPS) is 11.7. The molecule has 0 spiro atoms. The van der Waals surface area contributed by atoms with Gasteiger partial charge in [-0.1, -0.05) is 106 Å². The fourth-order valence-corrected chi connectivity index (χ4v) is 5.01. The molecule has 1 amide bonds. The lowest BCUT2D eigenvalue weighted by Gasteiger charge is -2.29. The molecule has 0 radical (unpaired) electrons. The van der Waals surface area contributed by atoms with Crippen LogP contribution >= 0.6 is 0 Å². The SMILES string of the molecule is COC(=O)[C@H](Cc1ccc(OCCCN(Cc2ccccc2)C(=O)C(C)(C)C)cc1)Nc1ccccc1C(=O)c1ccccc1. The summed E-state index contributed by atoms with van der Waals surface area (Å²) in [6.45, 7) is 7.43. The predicted octanol–water partition coefficient (Wildman–Crippen LogP) is 6.96. The second-order valence-electron chi connectivity index (χ2n) is 12.0. The lowest BCUT2D eigenvalue weighted by Crippen LogP contribution is -2.40. The molecule has 7 nitrogen and oxygen atoms in total. The molecule has 0 aliphatic rings. The molecular formula is C38H42N2O5. The zero-order chi connectivity index (χ0) is 32.2. The number of carbonyl (C=O) groups is 3. The number of para-hydroxylation sites is 1. The third-order valence-electron chi connectivity index (χ3n) is 7.37. The van der Waals surface area contributed by atoms with E-state index in [1.54, 1.807) is 30.3 Å². The number of carbonyl (C=O) groups excluding carboxylic acids is 3. The van der Waals surface area contributed by atoms with Gasteiger partial charge in [-0.15, -0.1) is 0 Å². The summed E-state index contributed by atoms with van der Waals surface area (Å²) in [5.41, 5.74) is 3.14. The largest absolute Gasteiger partial charge is 0.494 e. The fraction of sp³-hybridized carbons (Fsp3) is 0.289. The van der Waals surface area contributed by atoms with E-state index in [0.29, 0.717) is 55.1 Å². The van der Waals surface area contributed by atoms with Gasteiger partial charge in [0.05, 0.1) is 13.7 Å². The number of amides is 1. The number of nitrogens with zero attached hydrogens (tertiary/aromatic N) is 1. The molecule has 45 heavy (non-hydrogen) atoms. The Morgan fingerprint density at radius 3 is 2.04 bits per heavy atom. The second kappa shape index (κ2) is 15.7. The van der Waals surface area contributed by atoms with Crippen molar-refractivity contribution in [2.75, 3.05) is 25.6 Å². The van der Waals surface area contributed by atoms with Gasteiger partial charge in [0.1, 0.15) is 11.8 Å². The van der Waals surface area contributed by atoms with E-state index in [1.165, 1.54) is 7.11 Å². The summed E-state index contributed by atoms with van der Waals surface area (Å²) in [5.74, 6) is 0.255. The van der Waals surface area contributed by atoms with Crippen LogP contribution in [0.15, 0.2) is 109 Å². The number of hydrogen-bond acceptors (Lipinski definition) is 6. The number of ketones is 1. The van der Waals surface area contributed by atoms with Crippen LogP contribution in [0.2, 0.25) is 0 Å². The molecule has 0 unspecified atom stereocenters. The summed E-state index contributed by atoms with van der Waals surface area (Å²) in [6, 6.07) is 33.1. The van der Waals surface area contributed by atoms with E-state index in [0.717, 1.165) is 11.1 Å². The molecule has 0 heterocycles. The first-order valence-corrected chi connectivity index (χ1v) is 15.2. The van der Waals surface area contributed by atoms with Crippen LogP contribution in [-0.2, 0) is 27.3 Å². The number of rotatable bonds is 14. The first-order chi connectivity index (χ1) is 21.7. The highest BCUT2D eigenvalue weighted by Gasteiger charge is 2.27. The fourth-order valence-electron chi connectivity index (χ4n) is 5.01. The van der Waals surface area contributed by atoms with Crippen LogP contribution in [0.1, 0.15) is 54.2 Å². The molecule has 0 aliphatic carbocycles. The van der Waals surface area contributed by atoms with E-state index in [-0.39, 0.29) is 11.7 Å². The number of nitrogens with one attached hydrogen (secondary N) is 1. The van der Waals surface area contributed by atoms with E-state index in [1.807, 2.05) is 105 Å². The Bertz CT molecular complexity index is 1550. The van der Waals surface area contributed by atoms with Crippen molar-refractivity contribution in [3.8, 4) is 5.75 Å². The third kappa shape index (κ3) is 9.54. The average molecular weight is 607 g/mol. The Hall–Kier alpha value is -4.91. The van der Waals surface area contributed by atoms with E-state index in [4.69, 9.17) is 9.47 Å². The maximum atomic E-state index is 13.2. The molecule has 4 aromatic carbocycles. The van der Waals surface area contributed by atoms with Crippen molar-refractivity contribution in [1.29, 1.82) is 0 Å². The van der Waals surface area contributed by atoms with Crippen molar-refractivity contribution in [3.63, 3.8) is 0 Å². The van der Waals surface area contributed by atoms with Crippen molar-refractivity contribution in [2.24, 2.45) is 5.41 Å². The first kappa shape index (κ1) is 33.0. The molecule has 0 saturated carbocycles.